The fourth-order valence-corrected chi connectivity index (χ4v) is 0. The Labute approximate surface area is 51.8 Å². The van der Waals surface area contributed by atoms with Crippen LogP contribution in [0.3, 0.4) is 0 Å². The SMILES string of the molecule is B.O.[LiH].[LiH]. The van der Waals surface area contributed by atoms with Crippen molar-refractivity contribution >= 4 is 46.1 Å². The Morgan fingerprint density at radius 1 is 0.750 bits per heavy atom. The van der Waals surface area contributed by atoms with Crippen LogP contribution in [0.25, 0.3) is 0 Å². The molecule has 0 amide bonds. The second-order valence-corrected chi connectivity index (χ2v) is 0. The third-order valence-electron chi connectivity index (χ3n) is 0. The van der Waals surface area contributed by atoms with Crippen LogP contribution in [0.15, 0.2) is 0 Å². The summed E-state index contributed by atoms with van der Waals surface area (Å²) in [5.41, 5.74) is 0. The van der Waals surface area contributed by atoms with Crippen LogP contribution in [0, 0.1) is 0 Å². The van der Waals surface area contributed by atoms with Gasteiger partial charge >= 0.3 is 37.7 Å². The number of rotatable bonds is 0. The van der Waals surface area contributed by atoms with Crippen LogP contribution in [0.4, 0.5) is 0 Å². The molecule has 0 aliphatic heterocycles. The van der Waals surface area contributed by atoms with Gasteiger partial charge in [0.1, 0.15) is 0 Å². The van der Waals surface area contributed by atoms with Gasteiger partial charge in [0.05, 0.1) is 8.41 Å². The molecule has 0 heterocycles. The van der Waals surface area contributed by atoms with Gasteiger partial charge < -0.3 is 5.48 Å². The standard InChI is InChI=1S/BH3.2Li.H2O.2H/h1H3;;;1H2;;. The van der Waals surface area contributed by atoms with E-state index in [-0.39, 0.29) is 51.6 Å². The van der Waals surface area contributed by atoms with Crippen molar-refractivity contribution < 1.29 is 5.48 Å². The zero-order valence-electron chi connectivity index (χ0n) is 0.500. The first-order chi connectivity index (χ1) is 0. The van der Waals surface area contributed by atoms with Crippen molar-refractivity contribution in [1.82, 2.24) is 0 Å². The first kappa shape index (κ1) is 62.5. The molecule has 0 unspecified atom stereocenters. The number of hydrogen-bond donors (Lipinski definition) is 0. The van der Waals surface area contributed by atoms with Crippen LogP contribution in [-0.2, 0) is 0 Å². The van der Waals surface area contributed by atoms with Crippen LogP contribution in [0.2, 0.25) is 0 Å². The Bertz CT molecular complexity index is 6.00. The zero-order valence-corrected chi connectivity index (χ0v) is 0.500. The van der Waals surface area contributed by atoms with Gasteiger partial charge in [0.2, 0.25) is 0 Å². The Morgan fingerprint density at radius 2 is 0.750 bits per heavy atom. The first-order valence-corrected chi connectivity index (χ1v) is 0. The molecule has 0 aliphatic rings. The molecule has 0 bridgehead atoms. The molecule has 18 valence electrons. The van der Waals surface area contributed by atoms with Crippen LogP contribution in [-0.4, -0.2) is 51.6 Å². The molecule has 0 saturated heterocycles. The second-order valence-electron chi connectivity index (χ2n) is 0. The molecule has 0 aromatic heterocycles. The van der Waals surface area contributed by atoms with Crippen LogP contribution in [0.1, 0.15) is 0 Å². The van der Waals surface area contributed by atoms with Crippen molar-refractivity contribution in [3.05, 3.63) is 0 Å². The van der Waals surface area contributed by atoms with E-state index in [2.05, 4.69) is 0 Å². The quantitative estimate of drug-likeness (QED) is 0.257. The average Bonchev–Trinajstić information content (AvgIpc) is 0. The topological polar surface area (TPSA) is 31.5 Å². The van der Waals surface area contributed by atoms with Gasteiger partial charge in [-0.25, -0.2) is 0 Å². The summed E-state index contributed by atoms with van der Waals surface area (Å²) in [6.45, 7) is 0. The average molecular weight is 47.7 g/mol. The fraction of sp³-hybridized carbons (Fsp3) is 0. The summed E-state index contributed by atoms with van der Waals surface area (Å²) in [6.07, 6.45) is 0. The zero-order chi connectivity index (χ0) is 0. The molecule has 4 heteroatoms. The van der Waals surface area contributed by atoms with Crippen molar-refractivity contribution in [2.24, 2.45) is 0 Å². The van der Waals surface area contributed by atoms with E-state index in [9.17, 15) is 0 Å². The summed E-state index contributed by atoms with van der Waals surface area (Å²) in [6, 6.07) is 0. The fourth-order valence-electron chi connectivity index (χ4n) is 0. The molecular weight excluding hydrogens is 40.7 g/mol. The minimum atomic E-state index is 0. The Kier molecular flexibility index (Phi) is 459. The van der Waals surface area contributed by atoms with Crippen LogP contribution >= 0.6 is 0 Å². The predicted molar refractivity (Wildman–Crippen MR) is 27.9 cm³/mol. The molecule has 0 radical (unpaired) electrons. The molecule has 0 saturated carbocycles. The summed E-state index contributed by atoms with van der Waals surface area (Å²) in [4.78, 5) is 0. The maximum atomic E-state index is 0. The first-order valence-electron chi connectivity index (χ1n) is 0. The van der Waals surface area contributed by atoms with E-state index in [0.29, 0.717) is 0 Å². The summed E-state index contributed by atoms with van der Waals surface area (Å²) < 4.78 is 0. The van der Waals surface area contributed by atoms with Crippen molar-refractivity contribution in [3.63, 3.8) is 0 Å². The Hall–Kier alpha value is 1.22. The van der Waals surface area contributed by atoms with Gasteiger partial charge in [0, 0.05) is 0 Å². The van der Waals surface area contributed by atoms with Crippen molar-refractivity contribution in [2.45, 2.75) is 0 Å². The summed E-state index contributed by atoms with van der Waals surface area (Å²) in [7, 11) is 0. The summed E-state index contributed by atoms with van der Waals surface area (Å²) >= 11 is 0. The van der Waals surface area contributed by atoms with Crippen LogP contribution < -0.4 is 0 Å². The molecule has 0 aliphatic carbocycles. The molecule has 1 nitrogen and oxygen atoms in total. The van der Waals surface area contributed by atoms with E-state index >= 15 is 0 Å². The van der Waals surface area contributed by atoms with Gasteiger partial charge in [-0.2, -0.15) is 0 Å². The van der Waals surface area contributed by atoms with Crippen molar-refractivity contribution in [3.8, 4) is 0 Å². The molecule has 0 aromatic carbocycles. The Balaban J connectivity index is 0. The molecule has 2 N–H and O–H groups in total. The Morgan fingerprint density at radius 3 is 0.750 bits per heavy atom. The number of hydrogen-bond acceptors (Lipinski definition) is 0. The molecule has 0 rings (SSSR count). The van der Waals surface area contributed by atoms with Gasteiger partial charge in [-0.1, -0.05) is 0 Å². The van der Waals surface area contributed by atoms with Gasteiger partial charge in [0.15, 0.2) is 0 Å². The summed E-state index contributed by atoms with van der Waals surface area (Å²) in [5.74, 6) is 0. The molecule has 0 spiro atoms. The molecule has 0 atom stereocenters. The van der Waals surface area contributed by atoms with Crippen LogP contribution in [0.5, 0.6) is 0 Å². The maximum absolute atomic E-state index is 0. The van der Waals surface area contributed by atoms with Crippen molar-refractivity contribution in [1.29, 1.82) is 0 Å². The molecular formula is H7BLi2O. The molecule has 0 fully saturated rings. The monoisotopic (exact) mass is 48.1 g/mol. The normalized spacial score (nSPS) is 0. The van der Waals surface area contributed by atoms with E-state index in [1.165, 1.54) is 0 Å². The third kappa shape index (κ3) is 10.7. The predicted octanol–water partition coefficient (Wildman–Crippen LogP) is -3.31. The van der Waals surface area contributed by atoms with Gasteiger partial charge in [-0.15, -0.1) is 0 Å². The van der Waals surface area contributed by atoms with E-state index in [4.69, 9.17) is 0 Å². The van der Waals surface area contributed by atoms with E-state index in [0.717, 1.165) is 0 Å². The van der Waals surface area contributed by atoms with Crippen molar-refractivity contribution in [2.75, 3.05) is 0 Å². The third-order valence-corrected chi connectivity index (χ3v) is 0. The van der Waals surface area contributed by atoms with Gasteiger partial charge in [0.25, 0.3) is 0 Å². The van der Waals surface area contributed by atoms with Gasteiger partial charge in [-0.3, -0.25) is 0 Å². The van der Waals surface area contributed by atoms with E-state index in [1.54, 1.807) is 0 Å². The van der Waals surface area contributed by atoms with Gasteiger partial charge in [-0.05, 0) is 0 Å². The molecule has 0 aromatic rings. The van der Waals surface area contributed by atoms with E-state index in [1.807, 2.05) is 0 Å². The second kappa shape index (κ2) is 29.4. The molecule has 4 heavy (non-hydrogen) atoms. The van der Waals surface area contributed by atoms with E-state index < -0.39 is 0 Å². The minimum absolute atomic E-state index is 0. The summed E-state index contributed by atoms with van der Waals surface area (Å²) in [5, 5.41) is 0.